The van der Waals surface area contributed by atoms with Crippen LogP contribution in [0.5, 0.6) is 0 Å². The molecule has 0 spiro atoms. The Kier molecular flexibility index (Phi) is 4.65. The summed E-state index contributed by atoms with van der Waals surface area (Å²) in [7, 11) is 0. The fourth-order valence-electron chi connectivity index (χ4n) is 0.835. The van der Waals surface area contributed by atoms with Crippen LogP contribution in [-0.2, 0) is 4.79 Å². The number of halogens is 5. The molecule has 0 aliphatic carbocycles. The number of hydrogen-bond acceptors (Lipinski definition) is 2. The topological polar surface area (TPSA) is 52.9 Å². The van der Waals surface area contributed by atoms with Crippen molar-refractivity contribution in [2.45, 2.75) is 37.9 Å². The molecule has 3 nitrogen and oxygen atoms in total. The lowest BCUT2D eigenvalue weighted by molar-refractivity contribution is -0.269. The van der Waals surface area contributed by atoms with Gasteiger partial charge in [0, 0.05) is 0 Å². The summed E-state index contributed by atoms with van der Waals surface area (Å²) < 4.78 is 60.0. The van der Waals surface area contributed by atoms with Crippen LogP contribution in [-0.4, -0.2) is 24.0 Å². The molecular formula is C8H9F5N2O. The van der Waals surface area contributed by atoms with Gasteiger partial charge in [0.05, 0.1) is 6.07 Å². The van der Waals surface area contributed by atoms with E-state index >= 15 is 0 Å². The van der Waals surface area contributed by atoms with Gasteiger partial charge in [-0.2, -0.15) is 27.2 Å². The molecule has 0 heterocycles. The Balaban J connectivity index is 4.64. The van der Waals surface area contributed by atoms with Gasteiger partial charge in [0.15, 0.2) is 0 Å². The Morgan fingerprint density at radius 1 is 1.38 bits per heavy atom. The lowest BCUT2D eigenvalue weighted by atomic mass is 10.2. The van der Waals surface area contributed by atoms with E-state index in [1.54, 1.807) is 6.92 Å². The lowest BCUT2D eigenvalue weighted by Crippen LogP contribution is -2.52. The van der Waals surface area contributed by atoms with Crippen LogP contribution < -0.4 is 5.32 Å². The van der Waals surface area contributed by atoms with Crippen molar-refractivity contribution in [1.29, 1.82) is 5.26 Å². The molecular weight excluding hydrogens is 235 g/mol. The average molecular weight is 244 g/mol. The van der Waals surface area contributed by atoms with Crippen LogP contribution >= 0.6 is 0 Å². The number of nitrogens with zero attached hydrogens (tertiary/aromatic N) is 1. The molecule has 1 N–H and O–H groups in total. The van der Waals surface area contributed by atoms with Gasteiger partial charge in [0.25, 0.3) is 0 Å². The Morgan fingerprint density at radius 2 is 1.88 bits per heavy atom. The molecule has 0 saturated carbocycles. The van der Waals surface area contributed by atoms with E-state index < -0.39 is 24.0 Å². The molecule has 16 heavy (non-hydrogen) atoms. The highest BCUT2D eigenvalue weighted by Gasteiger charge is 2.63. The van der Waals surface area contributed by atoms with E-state index in [1.807, 2.05) is 0 Å². The summed E-state index contributed by atoms with van der Waals surface area (Å²) in [6.07, 6.45) is -5.57. The number of amides is 1. The van der Waals surface area contributed by atoms with Crippen LogP contribution in [0, 0.1) is 11.3 Å². The van der Waals surface area contributed by atoms with Crippen LogP contribution in [0.15, 0.2) is 0 Å². The quantitative estimate of drug-likeness (QED) is 0.769. The second kappa shape index (κ2) is 5.09. The first kappa shape index (κ1) is 14.6. The van der Waals surface area contributed by atoms with Crippen LogP contribution in [0.3, 0.4) is 0 Å². The molecule has 0 aromatic heterocycles. The zero-order valence-electron chi connectivity index (χ0n) is 8.24. The molecule has 0 rings (SSSR count). The van der Waals surface area contributed by atoms with E-state index in [2.05, 4.69) is 0 Å². The van der Waals surface area contributed by atoms with E-state index in [-0.39, 0.29) is 6.42 Å². The smallest absolute Gasteiger partial charge is 0.335 e. The van der Waals surface area contributed by atoms with Gasteiger partial charge < -0.3 is 5.32 Å². The van der Waals surface area contributed by atoms with Crippen molar-refractivity contribution in [2.24, 2.45) is 0 Å². The first-order chi connectivity index (χ1) is 7.16. The van der Waals surface area contributed by atoms with Gasteiger partial charge in [-0.3, -0.25) is 4.79 Å². The highest BCUT2D eigenvalue weighted by molar-refractivity contribution is 5.84. The Labute approximate surface area is 88.2 Å². The number of carbonyl (C=O) groups is 1. The summed E-state index contributed by atoms with van der Waals surface area (Å²) in [6, 6.07) is 0.0829. The Hall–Kier alpha value is -1.39. The van der Waals surface area contributed by atoms with Gasteiger partial charge >= 0.3 is 18.0 Å². The normalized spacial score (nSPS) is 14.1. The predicted octanol–water partition coefficient (Wildman–Crippen LogP) is 1.99. The van der Waals surface area contributed by atoms with Crippen molar-refractivity contribution < 1.29 is 26.7 Å². The van der Waals surface area contributed by atoms with Crippen molar-refractivity contribution in [3.63, 3.8) is 0 Å². The summed E-state index contributed by atoms with van der Waals surface area (Å²) in [5.41, 5.74) is 0. The second-order valence-corrected chi connectivity index (χ2v) is 3.02. The molecule has 92 valence electrons. The number of nitrogens with one attached hydrogen (secondary N) is 1. The van der Waals surface area contributed by atoms with Gasteiger partial charge in [-0.15, -0.1) is 0 Å². The first-order valence-electron chi connectivity index (χ1n) is 4.32. The van der Waals surface area contributed by atoms with Gasteiger partial charge in [-0.25, -0.2) is 0 Å². The van der Waals surface area contributed by atoms with Gasteiger partial charge in [-0.05, 0) is 6.42 Å². The van der Waals surface area contributed by atoms with Crippen LogP contribution in [0.1, 0.15) is 19.8 Å². The highest BCUT2D eigenvalue weighted by Crippen LogP contribution is 2.35. The van der Waals surface area contributed by atoms with Crippen molar-refractivity contribution in [3.8, 4) is 6.07 Å². The SMILES string of the molecule is CCCC(C#N)NC(=O)C(F)(F)C(F)(F)F. The Morgan fingerprint density at radius 3 is 2.19 bits per heavy atom. The molecule has 1 amide bonds. The maximum atomic E-state index is 12.4. The maximum absolute atomic E-state index is 12.4. The fraction of sp³-hybridized carbons (Fsp3) is 0.750. The standard InChI is InChI=1S/C8H9F5N2O/c1-2-3-5(4-14)15-6(16)7(9,10)8(11,12)13/h5H,2-3H2,1H3,(H,15,16). The first-order valence-corrected chi connectivity index (χ1v) is 4.32. The third-order valence-electron chi connectivity index (χ3n) is 1.68. The van der Waals surface area contributed by atoms with Crippen LogP contribution in [0.25, 0.3) is 0 Å². The van der Waals surface area contributed by atoms with Crippen molar-refractivity contribution in [1.82, 2.24) is 5.32 Å². The largest absolute Gasteiger partial charge is 0.463 e. The molecule has 0 aliphatic heterocycles. The summed E-state index contributed by atoms with van der Waals surface area (Å²) in [5, 5.41) is 9.73. The molecule has 1 atom stereocenters. The van der Waals surface area contributed by atoms with Crippen molar-refractivity contribution in [3.05, 3.63) is 0 Å². The maximum Gasteiger partial charge on any atom is 0.463 e. The van der Waals surface area contributed by atoms with Crippen LogP contribution in [0.4, 0.5) is 22.0 Å². The molecule has 0 fully saturated rings. The lowest BCUT2D eigenvalue weighted by Gasteiger charge is -2.20. The van der Waals surface area contributed by atoms with E-state index in [0.29, 0.717) is 6.42 Å². The molecule has 0 saturated heterocycles. The number of alkyl halides is 5. The van der Waals surface area contributed by atoms with E-state index in [9.17, 15) is 26.7 Å². The molecule has 0 bridgehead atoms. The zero-order valence-corrected chi connectivity index (χ0v) is 8.24. The number of carbonyl (C=O) groups excluding carboxylic acids is 1. The minimum atomic E-state index is -5.96. The molecule has 1 unspecified atom stereocenters. The highest BCUT2D eigenvalue weighted by atomic mass is 19.4. The van der Waals surface area contributed by atoms with Gasteiger partial charge in [0.1, 0.15) is 6.04 Å². The fourth-order valence-corrected chi connectivity index (χ4v) is 0.835. The minimum Gasteiger partial charge on any atom is -0.335 e. The average Bonchev–Trinajstić information content (AvgIpc) is 2.15. The van der Waals surface area contributed by atoms with Gasteiger partial charge in [0.2, 0.25) is 0 Å². The number of nitriles is 1. The zero-order chi connectivity index (χ0) is 13.0. The molecule has 0 aromatic rings. The summed E-state index contributed by atoms with van der Waals surface area (Å²) in [4.78, 5) is 10.6. The third kappa shape index (κ3) is 3.32. The Bertz CT molecular complexity index is 294. The molecule has 0 aliphatic rings. The van der Waals surface area contributed by atoms with E-state index in [0.717, 1.165) is 0 Å². The molecule has 8 heteroatoms. The minimum absolute atomic E-state index is 0.0101. The van der Waals surface area contributed by atoms with Gasteiger partial charge in [-0.1, -0.05) is 13.3 Å². The third-order valence-corrected chi connectivity index (χ3v) is 1.68. The van der Waals surface area contributed by atoms with Crippen molar-refractivity contribution in [2.75, 3.05) is 0 Å². The monoisotopic (exact) mass is 244 g/mol. The van der Waals surface area contributed by atoms with E-state index in [1.165, 1.54) is 11.4 Å². The summed E-state index contributed by atoms with van der Waals surface area (Å²) >= 11 is 0. The molecule has 0 aromatic carbocycles. The van der Waals surface area contributed by atoms with Crippen molar-refractivity contribution >= 4 is 5.91 Å². The summed E-state index contributed by atoms with van der Waals surface area (Å²) in [6.45, 7) is 1.60. The molecule has 0 radical (unpaired) electrons. The van der Waals surface area contributed by atoms with Crippen LogP contribution in [0.2, 0.25) is 0 Å². The number of hydrogen-bond donors (Lipinski definition) is 1. The number of rotatable bonds is 4. The summed E-state index contributed by atoms with van der Waals surface area (Å²) in [5.74, 6) is -7.98. The van der Waals surface area contributed by atoms with E-state index in [4.69, 9.17) is 5.26 Å². The predicted molar refractivity (Wildman–Crippen MR) is 43.5 cm³/mol. The second-order valence-electron chi connectivity index (χ2n) is 3.02.